The number of benzene rings is 1. The number of likely N-dealkylation sites (tertiary alicyclic amines) is 1. The summed E-state index contributed by atoms with van der Waals surface area (Å²) < 4.78 is 13.0. The highest BCUT2D eigenvalue weighted by molar-refractivity contribution is 7.20. The van der Waals surface area contributed by atoms with Gasteiger partial charge >= 0.3 is 0 Å². The molecule has 0 saturated carbocycles. The van der Waals surface area contributed by atoms with Crippen LogP contribution in [0, 0.1) is 12.7 Å². The maximum atomic E-state index is 13.0. The van der Waals surface area contributed by atoms with E-state index in [0.29, 0.717) is 30.2 Å². The van der Waals surface area contributed by atoms with Crippen molar-refractivity contribution in [1.29, 1.82) is 0 Å². The molecule has 2 aromatic heterocycles. The van der Waals surface area contributed by atoms with Crippen LogP contribution in [-0.4, -0.2) is 46.3 Å². The maximum Gasteiger partial charge on any atom is 0.261 e. The molecule has 1 aliphatic rings. The third kappa shape index (κ3) is 4.82. The van der Waals surface area contributed by atoms with Crippen molar-refractivity contribution in [1.82, 2.24) is 20.2 Å². The molecule has 0 radical (unpaired) electrons. The number of nitrogens with zero attached hydrogens (tertiary/aromatic N) is 3. The standard InChI is InChI=1S/C22H24FN5O2S/c1-14-18-20(24-9-3-11-28-10-2-4-17(28)29)26-13-27-22(18)31-19(14)21(30)25-12-15-5-7-16(23)8-6-15/h5-8,13H,2-4,9-12H2,1H3,(H,25,30)(H,24,26,27). The van der Waals surface area contributed by atoms with E-state index >= 15 is 0 Å². The number of nitrogens with one attached hydrogen (secondary N) is 2. The quantitative estimate of drug-likeness (QED) is 0.523. The van der Waals surface area contributed by atoms with E-state index in [-0.39, 0.29) is 17.6 Å². The van der Waals surface area contributed by atoms with E-state index in [1.165, 1.54) is 29.8 Å². The minimum Gasteiger partial charge on any atom is -0.369 e. The van der Waals surface area contributed by atoms with Crippen molar-refractivity contribution in [3.05, 3.63) is 52.4 Å². The molecule has 0 spiro atoms. The van der Waals surface area contributed by atoms with Gasteiger partial charge in [0.2, 0.25) is 5.91 Å². The van der Waals surface area contributed by atoms with Gasteiger partial charge in [-0.1, -0.05) is 12.1 Å². The molecular formula is C22H24FN5O2S. The molecule has 4 rings (SSSR count). The summed E-state index contributed by atoms with van der Waals surface area (Å²) in [5.41, 5.74) is 1.65. The molecule has 162 valence electrons. The summed E-state index contributed by atoms with van der Waals surface area (Å²) in [5, 5.41) is 7.06. The lowest BCUT2D eigenvalue weighted by Crippen LogP contribution is -2.27. The normalized spacial score (nSPS) is 13.7. The molecule has 31 heavy (non-hydrogen) atoms. The number of thiophene rings is 1. The Balaban J connectivity index is 1.41. The number of aromatic nitrogens is 2. The first-order chi connectivity index (χ1) is 15.0. The second kappa shape index (κ2) is 9.38. The Kier molecular flexibility index (Phi) is 6.41. The number of aryl methyl sites for hydroxylation is 1. The lowest BCUT2D eigenvalue weighted by molar-refractivity contribution is -0.127. The van der Waals surface area contributed by atoms with Crippen molar-refractivity contribution in [2.24, 2.45) is 0 Å². The van der Waals surface area contributed by atoms with Crippen LogP contribution >= 0.6 is 11.3 Å². The van der Waals surface area contributed by atoms with Crippen LogP contribution < -0.4 is 10.6 Å². The molecule has 1 saturated heterocycles. The molecule has 1 aliphatic heterocycles. The number of rotatable bonds is 8. The Morgan fingerprint density at radius 3 is 2.81 bits per heavy atom. The number of halogens is 1. The second-order valence-corrected chi connectivity index (χ2v) is 8.53. The fraction of sp³-hybridized carbons (Fsp3) is 0.364. The minimum atomic E-state index is -0.305. The predicted molar refractivity (Wildman–Crippen MR) is 119 cm³/mol. The van der Waals surface area contributed by atoms with Gasteiger partial charge in [0.25, 0.3) is 5.91 Å². The highest BCUT2D eigenvalue weighted by Gasteiger charge is 2.20. The molecule has 7 nitrogen and oxygen atoms in total. The van der Waals surface area contributed by atoms with Gasteiger partial charge in [0, 0.05) is 32.6 Å². The van der Waals surface area contributed by atoms with Crippen molar-refractivity contribution < 1.29 is 14.0 Å². The number of amides is 2. The molecule has 2 N–H and O–H groups in total. The average Bonchev–Trinajstić information content (AvgIpc) is 3.34. The number of carbonyl (C=O) groups excluding carboxylic acids is 2. The van der Waals surface area contributed by atoms with Crippen LogP contribution in [0.5, 0.6) is 0 Å². The van der Waals surface area contributed by atoms with Crippen LogP contribution in [0.4, 0.5) is 10.2 Å². The van der Waals surface area contributed by atoms with Gasteiger partial charge in [-0.15, -0.1) is 11.3 Å². The summed E-state index contributed by atoms with van der Waals surface area (Å²) in [6.45, 7) is 4.47. The Hall–Kier alpha value is -3.07. The topological polar surface area (TPSA) is 87.2 Å². The number of hydrogen-bond acceptors (Lipinski definition) is 6. The average molecular weight is 442 g/mol. The van der Waals surface area contributed by atoms with E-state index in [9.17, 15) is 14.0 Å². The Bertz CT molecular complexity index is 1100. The molecule has 3 heterocycles. The van der Waals surface area contributed by atoms with E-state index in [1.807, 2.05) is 11.8 Å². The molecule has 1 aromatic carbocycles. The summed E-state index contributed by atoms with van der Waals surface area (Å²) >= 11 is 1.33. The number of anilines is 1. The van der Waals surface area contributed by atoms with Gasteiger partial charge in [0.05, 0.1) is 10.3 Å². The number of carbonyl (C=O) groups is 2. The molecule has 0 atom stereocenters. The largest absolute Gasteiger partial charge is 0.369 e. The van der Waals surface area contributed by atoms with E-state index in [1.54, 1.807) is 12.1 Å². The first-order valence-corrected chi connectivity index (χ1v) is 11.1. The van der Waals surface area contributed by atoms with Crippen LogP contribution in [0.25, 0.3) is 10.2 Å². The van der Waals surface area contributed by atoms with Crippen LogP contribution in [0.3, 0.4) is 0 Å². The Labute approximate surface area is 183 Å². The molecule has 0 unspecified atom stereocenters. The smallest absolute Gasteiger partial charge is 0.261 e. The molecule has 3 aromatic rings. The summed E-state index contributed by atoms with van der Waals surface area (Å²) in [4.78, 5) is 36.4. The first kappa shape index (κ1) is 21.2. The molecule has 9 heteroatoms. The van der Waals surface area contributed by atoms with E-state index in [0.717, 1.165) is 47.3 Å². The molecule has 2 amide bonds. The van der Waals surface area contributed by atoms with Crippen LogP contribution in [0.1, 0.15) is 40.1 Å². The molecule has 0 bridgehead atoms. The minimum absolute atomic E-state index is 0.191. The lowest BCUT2D eigenvalue weighted by atomic mass is 10.2. The number of hydrogen-bond donors (Lipinski definition) is 2. The lowest BCUT2D eigenvalue weighted by Gasteiger charge is -2.15. The monoisotopic (exact) mass is 441 g/mol. The van der Waals surface area contributed by atoms with Gasteiger partial charge in [-0.2, -0.15) is 0 Å². The van der Waals surface area contributed by atoms with Crippen molar-refractivity contribution in [2.45, 2.75) is 32.7 Å². The van der Waals surface area contributed by atoms with Gasteiger partial charge in [0.1, 0.15) is 22.8 Å². The first-order valence-electron chi connectivity index (χ1n) is 10.3. The molecule has 1 fully saturated rings. The third-order valence-corrected chi connectivity index (χ3v) is 6.57. The SMILES string of the molecule is Cc1c(C(=O)NCc2ccc(F)cc2)sc2ncnc(NCCCN3CCCC3=O)c12. The van der Waals surface area contributed by atoms with Crippen LogP contribution in [0.15, 0.2) is 30.6 Å². The third-order valence-electron chi connectivity index (χ3n) is 5.37. The van der Waals surface area contributed by atoms with E-state index < -0.39 is 0 Å². The summed E-state index contributed by atoms with van der Waals surface area (Å²) in [7, 11) is 0. The van der Waals surface area contributed by atoms with Crippen molar-refractivity contribution in [2.75, 3.05) is 25.0 Å². The van der Waals surface area contributed by atoms with Gasteiger partial charge in [0.15, 0.2) is 0 Å². The Morgan fingerprint density at radius 1 is 1.26 bits per heavy atom. The fourth-order valence-corrected chi connectivity index (χ4v) is 4.77. The zero-order chi connectivity index (χ0) is 21.8. The van der Waals surface area contributed by atoms with Crippen molar-refractivity contribution in [3.63, 3.8) is 0 Å². The van der Waals surface area contributed by atoms with Gasteiger partial charge < -0.3 is 15.5 Å². The van der Waals surface area contributed by atoms with Gasteiger partial charge in [-0.05, 0) is 43.0 Å². The van der Waals surface area contributed by atoms with Crippen LogP contribution in [0.2, 0.25) is 0 Å². The summed E-state index contributed by atoms with van der Waals surface area (Å²) in [5.74, 6) is 0.433. The fourth-order valence-electron chi connectivity index (χ4n) is 3.70. The summed E-state index contributed by atoms with van der Waals surface area (Å²) in [6.07, 6.45) is 3.91. The highest BCUT2D eigenvalue weighted by atomic mass is 32.1. The summed E-state index contributed by atoms with van der Waals surface area (Å²) in [6, 6.07) is 6.05. The van der Waals surface area contributed by atoms with Crippen LogP contribution in [-0.2, 0) is 11.3 Å². The Morgan fingerprint density at radius 2 is 2.06 bits per heavy atom. The maximum absolute atomic E-state index is 13.0. The zero-order valence-electron chi connectivity index (χ0n) is 17.3. The highest BCUT2D eigenvalue weighted by Crippen LogP contribution is 2.33. The predicted octanol–water partition coefficient (Wildman–Crippen LogP) is 3.49. The molecular weight excluding hydrogens is 417 g/mol. The van der Waals surface area contributed by atoms with Gasteiger partial charge in [-0.25, -0.2) is 14.4 Å². The zero-order valence-corrected chi connectivity index (χ0v) is 18.1. The van der Waals surface area contributed by atoms with Gasteiger partial charge in [-0.3, -0.25) is 9.59 Å². The van der Waals surface area contributed by atoms with E-state index in [4.69, 9.17) is 0 Å². The molecule has 0 aliphatic carbocycles. The van der Waals surface area contributed by atoms with Crippen molar-refractivity contribution >= 4 is 39.2 Å². The van der Waals surface area contributed by atoms with E-state index in [2.05, 4.69) is 20.6 Å². The van der Waals surface area contributed by atoms with Crippen molar-refractivity contribution in [3.8, 4) is 0 Å². The second-order valence-electron chi connectivity index (χ2n) is 7.53. The number of fused-ring (bicyclic) bond motifs is 1.